The lowest BCUT2D eigenvalue weighted by Crippen LogP contribution is -2.52. The molecule has 1 unspecified atom stereocenters. The van der Waals surface area contributed by atoms with Crippen molar-refractivity contribution in [3.8, 4) is 0 Å². The minimum atomic E-state index is -0.305. The van der Waals surface area contributed by atoms with Crippen LogP contribution in [0.2, 0.25) is 5.02 Å². The average molecular weight is 421 g/mol. The third kappa shape index (κ3) is 4.29. The molecular formula is C19H21ClN4O3S. The van der Waals surface area contributed by atoms with Gasteiger partial charge in [-0.05, 0) is 31.0 Å². The van der Waals surface area contributed by atoms with E-state index in [4.69, 9.17) is 16.3 Å². The highest BCUT2D eigenvalue weighted by Crippen LogP contribution is 2.24. The quantitative estimate of drug-likeness (QED) is 0.822. The number of piperazine rings is 1. The zero-order chi connectivity index (χ0) is 19.5. The first-order valence-electron chi connectivity index (χ1n) is 9.28. The molecule has 28 heavy (non-hydrogen) atoms. The van der Waals surface area contributed by atoms with E-state index in [1.165, 1.54) is 11.3 Å². The van der Waals surface area contributed by atoms with Crippen LogP contribution in [0.3, 0.4) is 0 Å². The monoisotopic (exact) mass is 420 g/mol. The molecule has 2 aliphatic heterocycles. The van der Waals surface area contributed by atoms with Crippen LogP contribution in [0.15, 0.2) is 29.6 Å². The lowest BCUT2D eigenvalue weighted by molar-refractivity contribution is -0.142. The fourth-order valence-corrected chi connectivity index (χ4v) is 4.28. The van der Waals surface area contributed by atoms with E-state index in [2.05, 4.69) is 10.3 Å². The van der Waals surface area contributed by atoms with Crippen LogP contribution in [0, 0.1) is 0 Å². The zero-order valence-corrected chi connectivity index (χ0v) is 16.8. The smallest absolute Gasteiger partial charge is 0.273 e. The molecule has 3 heterocycles. The van der Waals surface area contributed by atoms with Gasteiger partial charge in [-0.15, -0.1) is 11.3 Å². The number of hydrogen-bond donors (Lipinski definition) is 1. The Bertz CT molecular complexity index is 860. The standard InChI is InChI=1S/C19H21ClN4O3S/c20-13-3-1-4-14(11-13)21-19-22-15(12-28-19)17(25)23-6-8-24(9-7-23)18(26)16-5-2-10-27-16/h1,3-4,11-12,16H,2,5-10H2,(H,21,22). The van der Waals surface area contributed by atoms with E-state index >= 15 is 0 Å². The molecule has 7 nitrogen and oxygen atoms in total. The van der Waals surface area contributed by atoms with Gasteiger partial charge >= 0.3 is 0 Å². The number of nitrogens with zero attached hydrogens (tertiary/aromatic N) is 3. The number of hydrogen-bond acceptors (Lipinski definition) is 6. The van der Waals surface area contributed by atoms with Crippen molar-refractivity contribution in [2.45, 2.75) is 18.9 Å². The van der Waals surface area contributed by atoms with Crippen LogP contribution in [0.25, 0.3) is 0 Å². The second-order valence-corrected chi connectivity index (χ2v) is 8.09. The number of rotatable bonds is 4. The van der Waals surface area contributed by atoms with Gasteiger partial charge in [-0.25, -0.2) is 4.98 Å². The molecule has 9 heteroatoms. The van der Waals surface area contributed by atoms with Crippen molar-refractivity contribution in [1.29, 1.82) is 0 Å². The second-order valence-electron chi connectivity index (χ2n) is 6.79. The van der Waals surface area contributed by atoms with Crippen LogP contribution in [0.5, 0.6) is 0 Å². The average Bonchev–Trinajstić information content (AvgIpc) is 3.39. The summed E-state index contributed by atoms with van der Waals surface area (Å²) in [6.07, 6.45) is 1.42. The van der Waals surface area contributed by atoms with Crippen molar-refractivity contribution in [2.24, 2.45) is 0 Å². The third-order valence-corrected chi connectivity index (χ3v) is 5.88. The van der Waals surface area contributed by atoms with Gasteiger partial charge in [0.2, 0.25) is 0 Å². The first-order chi connectivity index (χ1) is 13.6. The van der Waals surface area contributed by atoms with Crippen molar-refractivity contribution < 1.29 is 14.3 Å². The molecule has 2 amide bonds. The van der Waals surface area contributed by atoms with Crippen LogP contribution < -0.4 is 5.32 Å². The van der Waals surface area contributed by atoms with Gasteiger partial charge in [-0.2, -0.15) is 0 Å². The number of amides is 2. The maximum atomic E-state index is 12.7. The van der Waals surface area contributed by atoms with Crippen molar-refractivity contribution in [3.63, 3.8) is 0 Å². The molecule has 2 aromatic rings. The van der Waals surface area contributed by atoms with Gasteiger partial charge in [0.15, 0.2) is 5.13 Å². The fourth-order valence-electron chi connectivity index (χ4n) is 3.39. The van der Waals surface area contributed by atoms with E-state index < -0.39 is 0 Å². The van der Waals surface area contributed by atoms with Crippen molar-refractivity contribution in [1.82, 2.24) is 14.8 Å². The van der Waals surface area contributed by atoms with Crippen LogP contribution in [-0.2, 0) is 9.53 Å². The summed E-state index contributed by atoms with van der Waals surface area (Å²) in [5.41, 5.74) is 1.23. The van der Waals surface area contributed by atoms with Crippen molar-refractivity contribution in [2.75, 3.05) is 38.1 Å². The first kappa shape index (κ1) is 19.2. The molecule has 0 saturated carbocycles. The highest BCUT2D eigenvalue weighted by atomic mass is 35.5. The number of benzene rings is 1. The number of carbonyl (C=O) groups excluding carboxylic acids is 2. The molecular weight excluding hydrogens is 400 g/mol. The Kier molecular flexibility index (Phi) is 5.79. The Labute approximate surface area is 172 Å². The summed E-state index contributed by atoms with van der Waals surface area (Å²) in [4.78, 5) is 33.1. The van der Waals surface area contributed by atoms with E-state index in [9.17, 15) is 9.59 Å². The third-order valence-electron chi connectivity index (χ3n) is 4.88. The maximum absolute atomic E-state index is 12.7. The molecule has 0 spiro atoms. The molecule has 0 bridgehead atoms. The summed E-state index contributed by atoms with van der Waals surface area (Å²) >= 11 is 7.36. The van der Waals surface area contributed by atoms with E-state index in [1.54, 1.807) is 27.3 Å². The SMILES string of the molecule is O=C(c1csc(Nc2cccc(Cl)c2)n1)N1CCN(C(=O)C2CCCO2)CC1. The predicted octanol–water partition coefficient (Wildman–Crippen LogP) is 3.00. The van der Waals surface area contributed by atoms with Gasteiger partial charge in [-0.3, -0.25) is 9.59 Å². The Hall–Kier alpha value is -2.16. The van der Waals surface area contributed by atoms with Crippen LogP contribution >= 0.6 is 22.9 Å². The molecule has 1 aromatic carbocycles. The van der Waals surface area contributed by atoms with E-state index in [0.29, 0.717) is 48.6 Å². The Morgan fingerprint density at radius 3 is 2.71 bits per heavy atom. The van der Waals surface area contributed by atoms with Gasteiger partial charge in [0.25, 0.3) is 11.8 Å². The molecule has 2 saturated heterocycles. The predicted molar refractivity (Wildman–Crippen MR) is 108 cm³/mol. The molecule has 2 aliphatic rings. The summed E-state index contributed by atoms with van der Waals surface area (Å²) < 4.78 is 5.47. The minimum absolute atomic E-state index is 0.0475. The summed E-state index contributed by atoms with van der Waals surface area (Å²) in [6, 6.07) is 7.34. The molecule has 1 aromatic heterocycles. The molecule has 0 aliphatic carbocycles. The van der Waals surface area contributed by atoms with Crippen molar-refractivity contribution >= 4 is 45.6 Å². The lowest BCUT2D eigenvalue weighted by Gasteiger charge is -2.35. The number of ether oxygens (including phenoxy) is 1. The Balaban J connectivity index is 1.33. The molecule has 0 radical (unpaired) electrons. The summed E-state index contributed by atoms with van der Waals surface area (Å²) in [5.74, 6) is -0.0640. The molecule has 148 valence electrons. The van der Waals surface area contributed by atoms with Gasteiger partial charge < -0.3 is 19.9 Å². The largest absolute Gasteiger partial charge is 0.368 e. The lowest BCUT2D eigenvalue weighted by atomic mass is 10.2. The normalized spacial score (nSPS) is 19.7. The molecule has 2 fully saturated rings. The van der Waals surface area contributed by atoms with Gasteiger partial charge in [0.05, 0.1) is 0 Å². The number of halogens is 1. The number of carbonyl (C=O) groups is 2. The number of thiazole rings is 1. The number of aromatic nitrogens is 1. The molecule has 1 atom stereocenters. The number of nitrogens with one attached hydrogen (secondary N) is 1. The second kappa shape index (κ2) is 8.46. The molecule has 1 N–H and O–H groups in total. The van der Waals surface area contributed by atoms with E-state index in [1.807, 2.05) is 12.1 Å². The fraction of sp³-hybridized carbons (Fsp3) is 0.421. The summed E-state index contributed by atoms with van der Waals surface area (Å²) in [5, 5.41) is 6.18. The summed E-state index contributed by atoms with van der Waals surface area (Å²) in [7, 11) is 0. The Morgan fingerprint density at radius 2 is 2.00 bits per heavy atom. The van der Waals surface area contributed by atoms with Crippen LogP contribution in [0.1, 0.15) is 23.3 Å². The van der Waals surface area contributed by atoms with Crippen molar-refractivity contribution in [3.05, 3.63) is 40.4 Å². The van der Waals surface area contributed by atoms with Gasteiger partial charge in [0.1, 0.15) is 11.8 Å². The minimum Gasteiger partial charge on any atom is -0.368 e. The van der Waals surface area contributed by atoms with Crippen LogP contribution in [-0.4, -0.2) is 65.5 Å². The highest BCUT2D eigenvalue weighted by molar-refractivity contribution is 7.14. The molecule has 4 rings (SSSR count). The van der Waals surface area contributed by atoms with Crippen LogP contribution in [0.4, 0.5) is 10.8 Å². The van der Waals surface area contributed by atoms with Gasteiger partial charge in [0, 0.05) is 48.9 Å². The maximum Gasteiger partial charge on any atom is 0.273 e. The topological polar surface area (TPSA) is 74.8 Å². The van der Waals surface area contributed by atoms with E-state index in [0.717, 1.165) is 18.5 Å². The van der Waals surface area contributed by atoms with E-state index in [-0.39, 0.29) is 17.9 Å². The number of anilines is 2. The zero-order valence-electron chi connectivity index (χ0n) is 15.3. The van der Waals surface area contributed by atoms with Gasteiger partial charge in [-0.1, -0.05) is 17.7 Å². The highest BCUT2D eigenvalue weighted by Gasteiger charge is 2.31. The summed E-state index contributed by atoms with van der Waals surface area (Å²) in [6.45, 7) is 2.73. The Morgan fingerprint density at radius 1 is 1.21 bits per heavy atom. The first-order valence-corrected chi connectivity index (χ1v) is 10.5.